The van der Waals surface area contributed by atoms with Crippen LogP contribution in [0.5, 0.6) is 11.5 Å². The van der Waals surface area contributed by atoms with Crippen LogP contribution in [-0.4, -0.2) is 19.1 Å². The normalized spacial score (nSPS) is 15.2. The summed E-state index contributed by atoms with van der Waals surface area (Å²) in [7, 11) is 0. The number of aromatic nitrogens is 4. The Balaban J connectivity index is 1.16. The Morgan fingerprint density at radius 1 is 0.481 bits per heavy atom. The molecule has 1 aliphatic carbocycles. The number of benzene rings is 6. The molecule has 1 spiro atoms. The molecule has 0 bridgehead atoms. The summed E-state index contributed by atoms with van der Waals surface area (Å²) in [4.78, 5) is 14.0. The highest BCUT2D eigenvalue weighted by Gasteiger charge is 2.52. The van der Waals surface area contributed by atoms with Crippen LogP contribution in [0, 0.1) is 6.57 Å². The lowest BCUT2D eigenvalue weighted by atomic mass is 9.66. The van der Waals surface area contributed by atoms with Gasteiger partial charge < -0.3 is 13.9 Å². The van der Waals surface area contributed by atoms with Crippen LogP contribution in [0.2, 0.25) is 0 Å². The molecular formula is C48H27N5O. The summed E-state index contributed by atoms with van der Waals surface area (Å²) >= 11 is 0. The lowest BCUT2D eigenvalue weighted by molar-refractivity contribution is 0.436. The van der Waals surface area contributed by atoms with Gasteiger partial charge in [0, 0.05) is 50.8 Å². The highest BCUT2D eigenvalue weighted by molar-refractivity contribution is 6.11. The predicted molar refractivity (Wildman–Crippen MR) is 214 cm³/mol. The van der Waals surface area contributed by atoms with E-state index in [4.69, 9.17) is 21.3 Å². The van der Waals surface area contributed by atoms with Gasteiger partial charge in [-0.25, -0.2) is 4.85 Å². The maximum Gasteiger partial charge on any atom is 0.188 e. The first-order chi connectivity index (χ1) is 26.7. The summed E-state index contributed by atoms with van der Waals surface area (Å²) in [6, 6.07) is 53.1. The van der Waals surface area contributed by atoms with Gasteiger partial charge in [-0.1, -0.05) is 91.0 Å². The van der Waals surface area contributed by atoms with E-state index in [1.807, 2.05) is 36.7 Å². The number of hydrogen-bond donors (Lipinski definition) is 0. The average Bonchev–Trinajstić information content (AvgIpc) is 3.85. The van der Waals surface area contributed by atoms with Crippen molar-refractivity contribution in [3.05, 3.63) is 198 Å². The molecular weight excluding hydrogens is 663 g/mol. The van der Waals surface area contributed by atoms with Crippen LogP contribution in [0.1, 0.15) is 22.3 Å². The standard InChI is InChI=1S/C48H27N5O/c1-49-29-20-23-43-35(25-29)34-13-4-8-18-42(34)53(43)31-26-39-47(51-28-31)46-38(15-10-24-50-46)48(39)36-14-5-9-19-44(36)54-45-27-30(21-22-37(45)48)52-40-16-6-2-11-32(40)33-12-3-7-17-41(33)52/h2-28H. The molecule has 0 saturated heterocycles. The number of para-hydroxylation sites is 4. The smallest absolute Gasteiger partial charge is 0.188 e. The Morgan fingerprint density at radius 3 is 1.85 bits per heavy atom. The molecule has 0 amide bonds. The molecule has 1 aliphatic heterocycles. The Hall–Kier alpha value is -7.49. The van der Waals surface area contributed by atoms with Gasteiger partial charge in [-0.05, 0) is 65.5 Å². The fourth-order valence-electron chi connectivity index (χ4n) is 9.36. The summed E-state index contributed by atoms with van der Waals surface area (Å²) in [5.41, 5.74) is 12.2. The monoisotopic (exact) mass is 689 g/mol. The summed E-state index contributed by atoms with van der Waals surface area (Å²) in [6.07, 6.45) is 3.82. The van der Waals surface area contributed by atoms with Gasteiger partial charge in [0.1, 0.15) is 11.5 Å². The molecule has 10 aromatic rings. The second kappa shape index (κ2) is 10.5. The summed E-state index contributed by atoms with van der Waals surface area (Å²) in [6.45, 7) is 7.69. The minimum Gasteiger partial charge on any atom is -0.457 e. The van der Waals surface area contributed by atoms with Gasteiger partial charge in [0.15, 0.2) is 5.69 Å². The quantitative estimate of drug-likeness (QED) is 0.170. The minimum atomic E-state index is -0.749. The lowest BCUT2D eigenvalue weighted by Gasteiger charge is -2.39. The molecule has 0 radical (unpaired) electrons. The van der Waals surface area contributed by atoms with Gasteiger partial charge in [-0.15, -0.1) is 0 Å². The molecule has 6 heteroatoms. The van der Waals surface area contributed by atoms with Crippen molar-refractivity contribution in [1.29, 1.82) is 0 Å². The maximum atomic E-state index is 7.69. The maximum absolute atomic E-state index is 7.69. The van der Waals surface area contributed by atoms with Crippen LogP contribution in [0.15, 0.2) is 164 Å². The number of rotatable bonds is 2. The Bertz CT molecular complexity index is 3240. The zero-order valence-corrected chi connectivity index (χ0v) is 28.7. The average molecular weight is 690 g/mol. The Kier molecular flexibility index (Phi) is 5.68. The van der Waals surface area contributed by atoms with Gasteiger partial charge in [-0.3, -0.25) is 9.97 Å². The molecule has 0 N–H and O–H groups in total. The summed E-state index contributed by atoms with van der Waals surface area (Å²) < 4.78 is 11.5. The van der Waals surface area contributed by atoms with E-state index in [0.29, 0.717) is 5.69 Å². The van der Waals surface area contributed by atoms with E-state index in [2.05, 4.69) is 141 Å². The van der Waals surface area contributed by atoms with Gasteiger partial charge in [-0.2, -0.15) is 0 Å². The minimum absolute atomic E-state index is 0.619. The molecule has 1 atom stereocenters. The van der Waals surface area contributed by atoms with Gasteiger partial charge >= 0.3 is 0 Å². The van der Waals surface area contributed by atoms with Crippen LogP contribution in [0.25, 0.3) is 71.2 Å². The molecule has 2 aliphatic rings. The van der Waals surface area contributed by atoms with E-state index < -0.39 is 5.41 Å². The van der Waals surface area contributed by atoms with Gasteiger partial charge in [0.25, 0.3) is 0 Å². The zero-order valence-electron chi connectivity index (χ0n) is 28.7. The third-order valence-electron chi connectivity index (χ3n) is 11.5. The number of nitrogens with zero attached hydrogens (tertiary/aromatic N) is 5. The largest absolute Gasteiger partial charge is 0.457 e. The Labute approximate surface area is 309 Å². The molecule has 4 aromatic heterocycles. The molecule has 6 nitrogen and oxygen atoms in total. The highest BCUT2D eigenvalue weighted by Crippen LogP contribution is 2.61. The first-order valence-electron chi connectivity index (χ1n) is 18.0. The van der Waals surface area contributed by atoms with Crippen LogP contribution in [0.4, 0.5) is 5.69 Å². The van der Waals surface area contributed by atoms with Crippen molar-refractivity contribution >= 4 is 49.3 Å². The molecule has 1 unspecified atom stereocenters. The number of pyridine rings is 2. The van der Waals surface area contributed by atoms with E-state index in [-0.39, 0.29) is 0 Å². The second-order valence-corrected chi connectivity index (χ2v) is 14.1. The van der Waals surface area contributed by atoms with E-state index >= 15 is 0 Å². The third-order valence-corrected chi connectivity index (χ3v) is 11.5. The molecule has 5 heterocycles. The fraction of sp³-hybridized carbons (Fsp3) is 0.0208. The van der Waals surface area contributed by atoms with Gasteiger partial charge in [0.05, 0.1) is 57.3 Å². The van der Waals surface area contributed by atoms with E-state index in [9.17, 15) is 0 Å². The van der Waals surface area contributed by atoms with Crippen molar-refractivity contribution in [2.75, 3.05) is 0 Å². The number of fused-ring (bicyclic) bond motifs is 15. The first-order valence-corrected chi connectivity index (χ1v) is 18.0. The molecule has 0 saturated carbocycles. The summed E-state index contributed by atoms with van der Waals surface area (Å²) in [5.74, 6) is 1.60. The third kappa shape index (κ3) is 3.62. The fourth-order valence-corrected chi connectivity index (χ4v) is 9.36. The van der Waals surface area contributed by atoms with Crippen LogP contribution >= 0.6 is 0 Å². The van der Waals surface area contributed by atoms with Crippen molar-refractivity contribution in [1.82, 2.24) is 19.1 Å². The van der Waals surface area contributed by atoms with Crippen molar-refractivity contribution in [3.63, 3.8) is 0 Å². The van der Waals surface area contributed by atoms with Crippen LogP contribution in [-0.2, 0) is 5.41 Å². The first kappa shape index (κ1) is 29.1. The lowest BCUT2D eigenvalue weighted by Crippen LogP contribution is -2.32. The SMILES string of the molecule is [C-]#[N+]c1ccc2c(c1)c1ccccc1n2-c1cnc2c(c1)C1(c3ccccc3Oc3cc(-n4c5ccccc5c5ccccc54)ccc31)c1cccnc1-2. The van der Waals surface area contributed by atoms with E-state index in [1.54, 1.807) is 0 Å². The van der Waals surface area contributed by atoms with Crippen molar-refractivity contribution in [3.8, 4) is 34.3 Å². The van der Waals surface area contributed by atoms with Crippen molar-refractivity contribution < 1.29 is 4.74 Å². The Morgan fingerprint density at radius 2 is 1.09 bits per heavy atom. The molecule has 54 heavy (non-hydrogen) atoms. The summed E-state index contributed by atoms with van der Waals surface area (Å²) in [5, 5.41) is 4.57. The van der Waals surface area contributed by atoms with Gasteiger partial charge in [0.2, 0.25) is 0 Å². The molecule has 12 rings (SSSR count). The van der Waals surface area contributed by atoms with Crippen molar-refractivity contribution in [2.45, 2.75) is 5.41 Å². The topological polar surface area (TPSA) is 49.2 Å². The van der Waals surface area contributed by atoms with E-state index in [1.165, 1.54) is 10.8 Å². The zero-order chi connectivity index (χ0) is 35.5. The molecule has 0 fully saturated rings. The highest BCUT2D eigenvalue weighted by atomic mass is 16.5. The second-order valence-electron chi connectivity index (χ2n) is 14.1. The van der Waals surface area contributed by atoms with E-state index in [0.717, 1.165) is 89.4 Å². The predicted octanol–water partition coefficient (Wildman–Crippen LogP) is 11.7. The number of hydrogen-bond acceptors (Lipinski definition) is 3. The molecule has 6 aromatic carbocycles. The molecule has 250 valence electrons. The van der Waals surface area contributed by atoms with Crippen LogP contribution < -0.4 is 4.74 Å². The number of ether oxygens (including phenoxy) is 1. The van der Waals surface area contributed by atoms with Crippen LogP contribution in [0.3, 0.4) is 0 Å². The van der Waals surface area contributed by atoms with Crippen molar-refractivity contribution in [2.24, 2.45) is 0 Å².